The van der Waals surface area contributed by atoms with Crippen LogP contribution in [0, 0.1) is 0 Å². The second-order valence-corrected chi connectivity index (χ2v) is 2.42. The first-order valence-corrected chi connectivity index (χ1v) is 2.82. The molecule has 0 saturated carbocycles. The Bertz CT molecular complexity index is 74.4. The van der Waals surface area contributed by atoms with E-state index in [9.17, 15) is 0 Å². The second-order valence-electron chi connectivity index (χ2n) is 1.42. The van der Waals surface area contributed by atoms with E-state index in [4.69, 9.17) is 4.74 Å². The van der Waals surface area contributed by atoms with Crippen LogP contribution in [-0.4, -0.2) is 10.5 Å². The fraction of sp³-hybridized carbons (Fsp3) is 0.750. The second kappa shape index (κ2) is 5.98. The molecular weight excluding hydrogens is 325 g/mol. The van der Waals surface area contributed by atoms with E-state index in [1.807, 2.05) is 13.8 Å². The number of ether oxygens (including phenoxy) is 1. The third-order valence-corrected chi connectivity index (χ3v) is 0.524. The van der Waals surface area contributed by atoms with Crippen molar-refractivity contribution in [3.05, 3.63) is 0 Å². The first kappa shape index (κ1) is 11.6. The van der Waals surface area contributed by atoms with Crippen LogP contribution in [0.25, 0.3) is 0 Å². The summed E-state index contributed by atoms with van der Waals surface area (Å²) in [4.78, 5) is 0. The Balaban J connectivity index is 0. The molecule has 0 aliphatic heterocycles. The zero-order chi connectivity index (χ0) is 5.86. The van der Waals surface area contributed by atoms with Gasteiger partial charge in [0.1, 0.15) is 0 Å². The van der Waals surface area contributed by atoms with Crippen LogP contribution in [0.3, 0.4) is 0 Å². The van der Waals surface area contributed by atoms with Crippen molar-refractivity contribution in [2.24, 2.45) is 0 Å². The smallest absolute Gasteiger partial charge is 0.511 e. The van der Waals surface area contributed by atoms with Gasteiger partial charge in [0.15, 0.2) is 0 Å². The maximum absolute atomic E-state index is 4.80. The van der Waals surface area contributed by atoms with Gasteiger partial charge in [-0.15, -0.1) is 0 Å². The Morgan fingerprint density at radius 3 is 2.00 bits per heavy atom. The predicted octanol–water partition coefficient (Wildman–Crippen LogP) is 1.24. The zero-order valence-corrected chi connectivity index (χ0v) is 8.40. The largest absolute Gasteiger partial charge is 1.00 e. The molecular formula is C4H7AuOS2. The fourth-order valence-electron chi connectivity index (χ4n) is 0.192. The van der Waals surface area contributed by atoms with Crippen LogP contribution >= 0.6 is 12.2 Å². The molecule has 0 rings (SSSR count). The summed E-state index contributed by atoms with van der Waals surface area (Å²) in [6.45, 7) is 3.78. The van der Waals surface area contributed by atoms with Gasteiger partial charge < -0.3 is 29.6 Å². The van der Waals surface area contributed by atoms with E-state index in [1.54, 1.807) is 0 Å². The van der Waals surface area contributed by atoms with Gasteiger partial charge >= 0.3 is 22.4 Å². The van der Waals surface area contributed by atoms with E-state index in [0.29, 0.717) is 0 Å². The summed E-state index contributed by atoms with van der Waals surface area (Å²) in [5, 5.41) is 0. The molecule has 8 heavy (non-hydrogen) atoms. The van der Waals surface area contributed by atoms with Crippen molar-refractivity contribution < 1.29 is 27.1 Å². The molecule has 0 aromatic rings. The van der Waals surface area contributed by atoms with Gasteiger partial charge in [-0.2, -0.15) is 0 Å². The molecule has 4 heteroatoms. The van der Waals surface area contributed by atoms with Crippen LogP contribution in [0.1, 0.15) is 13.8 Å². The standard InChI is InChI=1S/C4H8OS2.Au/c1-3(2)5-4(6)7;/h3H,1-2H3,(H,6,7);/q;+1/p-1. The number of rotatable bonds is 1. The molecule has 0 aliphatic carbocycles. The van der Waals surface area contributed by atoms with Gasteiger partial charge in [-0.05, 0) is 13.8 Å². The van der Waals surface area contributed by atoms with E-state index in [2.05, 4.69) is 24.8 Å². The van der Waals surface area contributed by atoms with Crippen molar-refractivity contribution in [1.29, 1.82) is 0 Å². The number of hydrogen-bond donors (Lipinski definition) is 0. The fourth-order valence-corrected chi connectivity index (χ4v) is 0.577. The summed E-state index contributed by atoms with van der Waals surface area (Å²) >= 11 is 8.93. The SMILES string of the molecule is CC(C)OC(=S)[S-].[Au+]. The maximum atomic E-state index is 4.80. The first-order chi connectivity index (χ1) is 3.13. The Hall–Kier alpha value is 0.850. The molecule has 0 amide bonds. The molecule has 0 bridgehead atoms. The first-order valence-electron chi connectivity index (χ1n) is 2.00. The van der Waals surface area contributed by atoms with Crippen LogP contribution in [0.15, 0.2) is 0 Å². The summed E-state index contributed by atoms with van der Waals surface area (Å²) in [5.41, 5.74) is 0. The molecule has 52 valence electrons. The van der Waals surface area contributed by atoms with E-state index in [-0.39, 0.29) is 32.9 Å². The molecule has 0 radical (unpaired) electrons. The summed E-state index contributed by atoms with van der Waals surface area (Å²) in [6.07, 6.45) is 0.130. The van der Waals surface area contributed by atoms with Gasteiger partial charge in [0.05, 0.1) is 6.10 Å². The molecule has 1 nitrogen and oxygen atoms in total. The van der Waals surface area contributed by atoms with Crippen LogP contribution in [-0.2, 0) is 39.7 Å². The molecule has 0 aromatic heterocycles. The monoisotopic (exact) mass is 332 g/mol. The Morgan fingerprint density at radius 2 is 2.00 bits per heavy atom. The van der Waals surface area contributed by atoms with Crippen LogP contribution in [0.5, 0.6) is 0 Å². The minimum Gasteiger partial charge on any atom is -0.511 e. The zero-order valence-electron chi connectivity index (χ0n) is 4.60. The van der Waals surface area contributed by atoms with Gasteiger partial charge in [0.25, 0.3) is 0 Å². The van der Waals surface area contributed by atoms with Gasteiger partial charge in [-0.25, -0.2) is 0 Å². The summed E-state index contributed by atoms with van der Waals surface area (Å²) in [5.74, 6) is 0. The molecule has 0 aliphatic rings. The van der Waals surface area contributed by atoms with Gasteiger partial charge in [-0.3, -0.25) is 0 Å². The van der Waals surface area contributed by atoms with Gasteiger partial charge in [0.2, 0.25) is 0 Å². The molecule has 0 spiro atoms. The van der Waals surface area contributed by atoms with Crippen LogP contribution < -0.4 is 0 Å². The minimum absolute atomic E-state index is 0. The van der Waals surface area contributed by atoms with E-state index in [1.165, 1.54) is 0 Å². The van der Waals surface area contributed by atoms with Crippen molar-refractivity contribution in [3.8, 4) is 0 Å². The van der Waals surface area contributed by atoms with E-state index in [0.717, 1.165) is 0 Å². The normalized spacial score (nSPS) is 7.88. The topological polar surface area (TPSA) is 9.23 Å². The van der Waals surface area contributed by atoms with Crippen molar-refractivity contribution in [2.75, 3.05) is 0 Å². The number of thiocarbonyl (C=S) groups is 1. The molecule has 0 aromatic carbocycles. The summed E-state index contributed by atoms with van der Waals surface area (Å²) in [6, 6.07) is 0. The quantitative estimate of drug-likeness (QED) is 0.406. The maximum Gasteiger partial charge on any atom is 1.00 e. The van der Waals surface area contributed by atoms with Crippen molar-refractivity contribution in [3.63, 3.8) is 0 Å². The van der Waals surface area contributed by atoms with Crippen molar-refractivity contribution in [2.45, 2.75) is 20.0 Å². The minimum atomic E-state index is 0. The Morgan fingerprint density at radius 1 is 1.62 bits per heavy atom. The molecule has 0 fully saturated rings. The third kappa shape index (κ3) is 9.97. The third-order valence-electron chi connectivity index (χ3n) is 0.332. The summed E-state index contributed by atoms with van der Waals surface area (Å²) < 4.78 is 5.00. The molecule has 0 atom stereocenters. The van der Waals surface area contributed by atoms with Gasteiger partial charge in [0, 0.05) is 4.38 Å². The Kier molecular flexibility index (Phi) is 8.68. The Labute approximate surface area is 76.1 Å². The van der Waals surface area contributed by atoms with E-state index < -0.39 is 0 Å². The molecule has 0 heterocycles. The van der Waals surface area contributed by atoms with Gasteiger partial charge in [-0.1, -0.05) is 0 Å². The molecule has 0 N–H and O–H groups in total. The van der Waals surface area contributed by atoms with Crippen LogP contribution in [0.4, 0.5) is 0 Å². The average molecular weight is 332 g/mol. The van der Waals surface area contributed by atoms with Crippen LogP contribution in [0.2, 0.25) is 0 Å². The van der Waals surface area contributed by atoms with Crippen molar-refractivity contribution in [1.82, 2.24) is 0 Å². The predicted molar refractivity (Wildman–Crippen MR) is 36.2 cm³/mol. The molecule has 0 saturated heterocycles. The average Bonchev–Trinajstić information content (AvgIpc) is 1.27. The summed E-state index contributed by atoms with van der Waals surface area (Å²) in [7, 11) is 0. The number of hydrogen-bond acceptors (Lipinski definition) is 3. The van der Waals surface area contributed by atoms with Crippen molar-refractivity contribution >= 4 is 29.2 Å². The molecule has 0 unspecified atom stereocenters. The van der Waals surface area contributed by atoms with E-state index >= 15 is 0 Å².